The molecule has 3 N–H and O–H groups in total. The number of carbonyl (C=O) groups is 1. The SMILES string of the molecule is Cc1n[nH]c(C)c1C(=O)NCC(C)(C)CO. The summed E-state index contributed by atoms with van der Waals surface area (Å²) in [5.74, 6) is -0.148. The average molecular weight is 225 g/mol. The number of amides is 1. The highest BCUT2D eigenvalue weighted by molar-refractivity contribution is 5.96. The van der Waals surface area contributed by atoms with Crippen molar-refractivity contribution in [3.63, 3.8) is 0 Å². The van der Waals surface area contributed by atoms with E-state index in [9.17, 15) is 4.79 Å². The van der Waals surface area contributed by atoms with Gasteiger partial charge in [0.05, 0.1) is 11.3 Å². The van der Waals surface area contributed by atoms with E-state index in [0.717, 1.165) is 5.69 Å². The number of aliphatic hydroxyl groups excluding tert-OH is 1. The fourth-order valence-corrected chi connectivity index (χ4v) is 1.35. The van der Waals surface area contributed by atoms with Crippen molar-refractivity contribution in [3.8, 4) is 0 Å². The Labute approximate surface area is 95.3 Å². The van der Waals surface area contributed by atoms with Crippen LogP contribution in [0.3, 0.4) is 0 Å². The normalized spacial score (nSPS) is 11.6. The molecule has 0 atom stereocenters. The smallest absolute Gasteiger partial charge is 0.255 e. The molecule has 1 rings (SSSR count). The predicted octanol–water partition coefficient (Wildman–Crippen LogP) is 0.775. The molecule has 0 aliphatic rings. The second-order valence-corrected chi connectivity index (χ2v) is 4.81. The number of hydrogen-bond acceptors (Lipinski definition) is 3. The maximum atomic E-state index is 11.9. The molecule has 1 heterocycles. The molecule has 0 unspecified atom stereocenters. The number of aromatic amines is 1. The fourth-order valence-electron chi connectivity index (χ4n) is 1.35. The van der Waals surface area contributed by atoms with E-state index in [1.165, 1.54) is 0 Å². The van der Waals surface area contributed by atoms with Crippen LogP contribution < -0.4 is 5.32 Å². The van der Waals surface area contributed by atoms with Gasteiger partial charge in [-0.15, -0.1) is 0 Å². The highest BCUT2D eigenvalue weighted by Crippen LogP contribution is 2.13. The molecule has 1 aromatic rings. The minimum Gasteiger partial charge on any atom is -0.396 e. The molecule has 90 valence electrons. The highest BCUT2D eigenvalue weighted by Gasteiger charge is 2.20. The number of aromatic nitrogens is 2. The number of nitrogens with one attached hydrogen (secondary N) is 2. The van der Waals surface area contributed by atoms with Gasteiger partial charge in [0, 0.05) is 24.3 Å². The van der Waals surface area contributed by atoms with Gasteiger partial charge in [-0.1, -0.05) is 13.8 Å². The molecule has 0 aromatic carbocycles. The van der Waals surface area contributed by atoms with Crippen LogP contribution in [0.2, 0.25) is 0 Å². The van der Waals surface area contributed by atoms with E-state index >= 15 is 0 Å². The van der Waals surface area contributed by atoms with Crippen LogP contribution >= 0.6 is 0 Å². The summed E-state index contributed by atoms with van der Waals surface area (Å²) in [7, 11) is 0. The van der Waals surface area contributed by atoms with Crippen molar-refractivity contribution in [2.75, 3.05) is 13.2 Å². The molecule has 0 saturated heterocycles. The summed E-state index contributed by atoms with van der Waals surface area (Å²) < 4.78 is 0. The van der Waals surface area contributed by atoms with E-state index in [-0.39, 0.29) is 17.9 Å². The predicted molar refractivity (Wildman–Crippen MR) is 61.3 cm³/mol. The first-order valence-electron chi connectivity index (χ1n) is 5.28. The zero-order valence-electron chi connectivity index (χ0n) is 10.2. The Morgan fingerprint density at radius 1 is 1.50 bits per heavy atom. The van der Waals surface area contributed by atoms with E-state index in [1.807, 2.05) is 20.8 Å². The number of aryl methyl sites for hydroxylation is 2. The summed E-state index contributed by atoms with van der Waals surface area (Å²) in [6.07, 6.45) is 0. The van der Waals surface area contributed by atoms with Crippen molar-refractivity contribution in [2.45, 2.75) is 27.7 Å². The number of hydrogen-bond donors (Lipinski definition) is 3. The summed E-state index contributed by atoms with van der Waals surface area (Å²) in [6.45, 7) is 7.86. The van der Waals surface area contributed by atoms with Gasteiger partial charge in [-0.2, -0.15) is 5.10 Å². The van der Waals surface area contributed by atoms with Crippen LogP contribution in [-0.2, 0) is 0 Å². The molecule has 0 aliphatic heterocycles. The van der Waals surface area contributed by atoms with Crippen molar-refractivity contribution in [3.05, 3.63) is 17.0 Å². The van der Waals surface area contributed by atoms with Crippen LogP contribution in [-0.4, -0.2) is 34.4 Å². The Hall–Kier alpha value is -1.36. The summed E-state index contributed by atoms with van der Waals surface area (Å²) in [4.78, 5) is 11.9. The van der Waals surface area contributed by atoms with Gasteiger partial charge in [0.15, 0.2) is 0 Å². The highest BCUT2D eigenvalue weighted by atomic mass is 16.3. The Morgan fingerprint density at radius 3 is 2.56 bits per heavy atom. The van der Waals surface area contributed by atoms with Crippen molar-refractivity contribution in [2.24, 2.45) is 5.41 Å². The minimum absolute atomic E-state index is 0.0383. The van der Waals surface area contributed by atoms with Gasteiger partial charge in [0.2, 0.25) is 0 Å². The number of rotatable bonds is 4. The molecule has 5 nitrogen and oxygen atoms in total. The summed E-state index contributed by atoms with van der Waals surface area (Å²) in [5, 5.41) is 18.6. The molecule has 1 aromatic heterocycles. The first kappa shape index (κ1) is 12.7. The largest absolute Gasteiger partial charge is 0.396 e. The number of aliphatic hydroxyl groups is 1. The number of H-pyrrole nitrogens is 1. The Kier molecular flexibility index (Phi) is 3.70. The third kappa shape index (κ3) is 2.82. The van der Waals surface area contributed by atoms with Crippen LogP contribution in [0.25, 0.3) is 0 Å². The minimum atomic E-state index is -0.304. The quantitative estimate of drug-likeness (QED) is 0.708. The standard InChI is InChI=1S/C11H19N3O2/c1-7-9(8(2)14-13-7)10(16)12-5-11(3,4)6-15/h15H,5-6H2,1-4H3,(H,12,16)(H,13,14). The molecule has 0 saturated carbocycles. The van der Waals surface area contributed by atoms with Gasteiger partial charge in [-0.3, -0.25) is 9.89 Å². The van der Waals surface area contributed by atoms with Gasteiger partial charge in [-0.05, 0) is 13.8 Å². The molecule has 0 aliphatic carbocycles. The van der Waals surface area contributed by atoms with Crippen LogP contribution in [0, 0.1) is 19.3 Å². The lowest BCUT2D eigenvalue weighted by Gasteiger charge is -2.21. The van der Waals surface area contributed by atoms with Crippen molar-refractivity contribution < 1.29 is 9.90 Å². The van der Waals surface area contributed by atoms with Gasteiger partial charge in [0.25, 0.3) is 5.91 Å². The van der Waals surface area contributed by atoms with E-state index < -0.39 is 0 Å². The molecule has 0 radical (unpaired) electrons. The first-order chi connectivity index (χ1) is 7.37. The third-order valence-electron chi connectivity index (χ3n) is 2.51. The topological polar surface area (TPSA) is 78.0 Å². The molecule has 0 fully saturated rings. The average Bonchev–Trinajstić information content (AvgIpc) is 2.55. The second-order valence-electron chi connectivity index (χ2n) is 4.81. The van der Waals surface area contributed by atoms with Gasteiger partial charge >= 0.3 is 0 Å². The third-order valence-corrected chi connectivity index (χ3v) is 2.51. The van der Waals surface area contributed by atoms with Crippen LogP contribution in [0.1, 0.15) is 35.6 Å². The molecular weight excluding hydrogens is 206 g/mol. The van der Waals surface area contributed by atoms with E-state index in [0.29, 0.717) is 17.8 Å². The zero-order valence-corrected chi connectivity index (χ0v) is 10.2. The van der Waals surface area contributed by atoms with Gasteiger partial charge in [0.1, 0.15) is 0 Å². The van der Waals surface area contributed by atoms with Crippen molar-refractivity contribution in [1.29, 1.82) is 0 Å². The van der Waals surface area contributed by atoms with E-state index in [1.54, 1.807) is 6.92 Å². The maximum absolute atomic E-state index is 11.9. The molecule has 16 heavy (non-hydrogen) atoms. The molecular formula is C11H19N3O2. The van der Waals surface area contributed by atoms with Crippen molar-refractivity contribution >= 4 is 5.91 Å². The molecule has 1 amide bonds. The lowest BCUT2D eigenvalue weighted by atomic mass is 9.95. The van der Waals surface area contributed by atoms with E-state index in [4.69, 9.17) is 5.11 Å². The van der Waals surface area contributed by atoms with Crippen LogP contribution in [0.4, 0.5) is 0 Å². The monoisotopic (exact) mass is 225 g/mol. The molecule has 0 bridgehead atoms. The van der Waals surface area contributed by atoms with Gasteiger partial charge < -0.3 is 10.4 Å². The summed E-state index contributed by atoms with van der Waals surface area (Å²) >= 11 is 0. The number of carbonyl (C=O) groups excluding carboxylic acids is 1. The lowest BCUT2D eigenvalue weighted by Crippen LogP contribution is -2.36. The van der Waals surface area contributed by atoms with E-state index in [2.05, 4.69) is 15.5 Å². The zero-order chi connectivity index (χ0) is 12.3. The maximum Gasteiger partial charge on any atom is 0.255 e. The van der Waals surface area contributed by atoms with Gasteiger partial charge in [-0.25, -0.2) is 0 Å². The first-order valence-corrected chi connectivity index (χ1v) is 5.28. The van der Waals surface area contributed by atoms with Crippen LogP contribution in [0.15, 0.2) is 0 Å². The fraction of sp³-hybridized carbons (Fsp3) is 0.636. The summed E-state index contributed by atoms with van der Waals surface area (Å²) in [6, 6.07) is 0. The summed E-state index contributed by atoms with van der Waals surface area (Å²) in [5.41, 5.74) is 1.74. The Balaban J connectivity index is 2.67. The van der Waals surface area contributed by atoms with Crippen molar-refractivity contribution in [1.82, 2.24) is 15.5 Å². The number of nitrogens with zero attached hydrogens (tertiary/aromatic N) is 1. The Bertz CT molecular complexity index is 363. The van der Waals surface area contributed by atoms with Crippen LogP contribution in [0.5, 0.6) is 0 Å². The lowest BCUT2D eigenvalue weighted by molar-refractivity contribution is 0.0910. The second kappa shape index (κ2) is 4.65. The molecule has 0 spiro atoms. The molecule has 5 heteroatoms. The Morgan fingerprint density at radius 2 is 2.12 bits per heavy atom.